The lowest BCUT2D eigenvalue weighted by molar-refractivity contribution is 0.100. The number of piperidine rings is 1. The number of methoxy groups -OCH3 is 1. The molecule has 4 nitrogen and oxygen atoms in total. The van der Waals surface area contributed by atoms with Gasteiger partial charge in [-0.05, 0) is 78.6 Å². The number of ether oxygens (including phenoxy) is 1. The van der Waals surface area contributed by atoms with Gasteiger partial charge in [0.25, 0.3) is 0 Å². The van der Waals surface area contributed by atoms with E-state index in [-0.39, 0.29) is 5.91 Å². The van der Waals surface area contributed by atoms with Gasteiger partial charge in [0.05, 0.1) is 7.11 Å². The summed E-state index contributed by atoms with van der Waals surface area (Å²) in [6.45, 7) is 1.10. The maximum Gasteiger partial charge on any atom is 0.248 e. The van der Waals surface area contributed by atoms with E-state index in [4.69, 9.17) is 10.5 Å². The molecule has 0 radical (unpaired) electrons. The summed E-state index contributed by atoms with van der Waals surface area (Å²) in [6.07, 6.45) is 5.79. The zero-order valence-corrected chi connectivity index (χ0v) is 19.7. The van der Waals surface area contributed by atoms with Crippen LogP contribution in [0, 0.1) is 0 Å². The number of hydrogen-bond acceptors (Lipinski definition) is 3. The Hall–Kier alpha value is -3.37. The number of carbonyl (C=O) groups excluding carboxylic acids is 1. The van der Waals surface area contributed by atoms with E-state index in [2.05, 4.69) is 59.5 Å². The van der Waals surface area contributed by atoms with Crippen LogP contribution in [0.3, 0.4) is 0 Å². The van der Waals surface area contributed by atoms with Crippen molar-refractivity contribution in [2.45, 2.75) is 44.2 Å². The molecule has 174 valence electrons. The molecule has 2 heterocycles. The van der Waals surface area contributed by atoms with Gasteiger partial charge in [-0.25, -0.2) is 0 Å². The lowest BCUT2D eigenvalue weighted by Gasteiger charge is -2.37. The number of nitrogens with two attached hydrogens (primary N) is 1. The predicted octanol–water partition coefficient (Wildman–Crippen LogP) is 5.47. The van der Waals surface area contributed by atoms with Gasteiger partial charge in [0.1, 0.15) is 5.75 Å². The van der Waals surface area contributed by atoms with Gasteiger partial charge < -0.3 is 10.5 Å². The highest BCUT2D eigenvalue weighted by Crippen LogP contribution is 2.43. The van der Waals surface area contributed by atoms with Crippen LogP contribution in [0.25, 0.3) is 5.57 Å². The van der Waals surface area contributed by atoms with E-state index < -0.39 is 0 Å². The zero-order valence-electron chi connectivity index (χ0n) is 19.7. The molecule has 0 aromatic heterocycles. The molecule has 3 aromatic carbocycles. The average molecular weight is 453 g/mol. The smallest absolute Gasteiger partial charge is 0.248 e. The summed E-state index contributed by atoms with van der Waals surface area (Å²) in [5.74, 6) is 0.526. The molecular weight excluding hydrogens is 420 g/mol. The summed E-state index contributed by atoms with van der Waals surface area (Å²) in [4.78, 5) is 14.3. The van der Waals surface area contributed by atoms with Gasteiger partial charge >= 0.3 is 0 Å². The first-order valence-electron chi connectivity index (χ1n) is 12.2. The first kappa shape index (κ1) is 22.4. The number of fused-ring (bicyclic) bond motifs is 2. The fraction of sp³-hybridized carbons (Fsp3) is 0.300. The van der Waals surface area contributed by atoms with Gasteiger partial charge in [-0.15, -0.1) is 0 Å². The van der Waals surface area contributed by atoms with Crippen LogP contribution in [0.5, 0.6) is 5.75 Å². The van der Waals surface area contributed by atoms with Crippen LogP contribution in [0.15, 0.2) is 84.4 Å². The first-order chi connectivity index (χ1) is 16.6. The van der Waals surface area contributed by atoms with Crippen molar-refractivity contribution in [3.05, 3.63) is 107 Å². The molecule has 2 aliphatic rings. The highest BCUT2D eigenvalue weighted by atomic mass is 16.5. The minimum absolute atomic E-state index is 0.385. The predicted molar refractivity (Wildman–Crippen MR) is 137 cm³/mol. The maximum atomic E-state index is 11.6. The second-order valence-corrected chi connectivity index (χ2v) is 9.42. The second kappa shape index (κ2) is 9.86. The van der Waals surface area contributed by atoms with Crippen LogP contribution in [0.2, 0.25) is 0 Å². The highest BCUT2D eigenvalue weighted by Gasteiger charge is 2.39. The molecule has 3 aromatic rings. The topological polar surface area (TPSA) is 55.6 Å². The van der Waals surface area contributed by atoms with Gasteiger partial charge in [0.2, 0.25) is 5.91 Å². The molecule has 2 bridgehead atoms. The van der Waals surface area contributed by atoms with Gasteiger partial charge in [-0.1, -0.05) is 60.2 Å². The van der Waals surface area contributed by atoms with Crippen molar-refractivity contribution in [2.75, 3.05) is 13.7 Å². The highest BCUT2D eigenvalue weighted by molar-refractivity contribution is 5.93. The SMILES string of the molecule is COc1ccc(CCN2C3CCC2CC(=C(c2ccccc2)c2ccc(C(N)=O)cc2)C3)cc1. The van der Waals surface area contributed by atoms with Crippen LogP contribution in [0.1, 0.15) is 52.7 Å². The third-order valence-corrected chi connectivity index (χ3v) is 7.43. The molecule has 0 spiro atoms. The Morgan fingerprint density at radius 3 is 2.03 bits per heavy atom. The molecular formula is C30H32N2O2. The molecule has 0 aliphatic carbocycles. The van der Waals surface area contributed by atoms with Crippen LogP contribution < -0.4 is 10.5 Å². The minimum atomic E-state index is -0.385. The lowest BCUT2D eigenvalue weighted by Crippen LogP contribution is -2.41. The summed E-state index contributed by atoms with van der Waals surface area (Å²) in [7, 11) is 1.71. The van der Waals surface area contributed by atoms with Gasteiger partial charge in [0.15, 0.2) is 0 Å². The van der Waals surface area contributed by atoms with Crippen molar-refractivity contribution in [3.8, 4) is 5.75 Å². The molecule has 2 aliphatic heterocycles. The van der Waals surface area contributed by atoms with Crippen molar-refractivity contribution in [2.24, 2.45) is 5.73 Å². The molecule has 2 unspecified atom stereocenters. The minimum Gasteiger partial charge on any atom is -0.497 e. The number of rotatable bonds is 7. The Kier molecular flexibility index (Phi) is 6.50. The number of carbonyl (C=O) groups is 1. The van der Waals surface area contributed by atoms with Crippen molar-refractivity contribution in [1.82, 2.24) is 4.90 Å². The Labute approximate surface area is 202 Å². The number of amides is 1. The summed E-state index contributed by atoms with van der Waals surface area (Å²) in [5.41, 5.74) is 12.7. The molecule has 0 saturated carbocycles. The van der Waals surface area contributed by atoms with E-state index in [0.717, 1.165) is 37.1 Å². The van der Waals surface area contributed by atoms with Crippen LogP contribution in [-0.2, 0) is 6.42 Å². The Bertz CT molecular complexity index is 1150. The van der Waals surface area contributed by atoms with Crippen LogP contribution in [-0.4, -0.2) is 36.5 Å². The number of benzene rings is 3. The zero-order chi connectivity index (χ0) is 23.5. The normalized spacial score (nSPS) is 19.7. The standard InChI is InChI=1S/C30H32N2O2/c1-34-28-15-7-21(8-16-28)17-18-32-26-13-14-27(32)20-25(19-26)29(22-5-3-2-4-6-22)23-9-11-24(12-10-23)30(31)33/h2-12,15-16,26-27H,13-14,17-20H2,1H3,(H2,31,33). The Morgan fingerprint density at radius 2 is 1.44 bits per heavy atom. The molecule has 2 atom stereocenters. The fourth-order valence-corrected chi connectivity index (χ4v) is 5.71. The largest absolute Gasteiger partial charge is 0.497 e. The number of primary amides is 1. The van der Waals surface area contributed by atoms with Crippen LogP contribution >= 0.6 is 0 Å². The third-order valence-electron chi connectivity index (χ3n) is 7.43. The van der Waals surface area contributed by atoms with Crippen LogP contribution in [0.4, 0.5) is 0 Å². The van der Waals surface area contributed by atoms with Crippen molar-refractivity contribution < 1.29 is 9.53 Å². The first-order valence-corrected chi connectivity index (χ1v) is 12.2. The van der Waals surface area contributed by atoms with E-state index in [1.165, 1.54) is 35.1 Å². The molecule has 5 rings (SSSR count). The molecule has 4 heteroatoms. The van der Waals surface area contributed by atoms with E-state index in [9.17, 15) is 4.79 Å². The van der Waals surface area contributed by atoms with Crippen molar-refractivity contribution >= 4 is 11.5 Å². The molecule has 2 N–H and O–H groups in total. The van der Waals surface area contributed by atoms with E-state index >= 15 is 0 Å². The Morgan fingerprint density at radius 1 is 0.853 bits per heavy atom. The molecule has 1 amide bonds. The third kappa shape index (κ3) is 4.64. The van der Waals surface area contributed by atoms with Crippen molar-refractivity contribution in [3.63, 3.8) is 0 Å². The van der Waals surface area contributed by atoms with Gasteiger partial charge in [-0.2, -0.15) is 0 Å². The second-order valence-electron chi connectivity index (χ2n) is 9.42. The monoisotopic (exact) mass is 452 g/mol. The number of hydrogen-bond donors (Lipinski definition) is 1. The summed E-state index contributed by atoms with van der Waals surface area (Å²) in [5, 5.41) is 0. The maximum absolute atomic E-state index is 11.6. The van der Waals surface area contributed by atoms with E-state index in [0.29, 0.717) is 17.6 Å². The molecule has 2 saturated heterocycles. The fourth-order valence-electron chi connectivity index (χ4n) is 5.71. The van der Waals surface area contributed by atoms with E-state index in [1.807, 2.05) is 24.3 Å². The van der Waals surface area contributed by atoms with Crippen molar-refractivity contribution in [1.29, 1.82) is 0 Å². The van der Waals surface area contributed by atoms with Gasteiger partial charge in [-0.3, -0.25) is 9.69 Å². The quantitative estimate of drug-likeness (QED) is 0.517. The number of nitrogens with zero attached hydrogens (tertiary/aromatic N) is 1. The average Bonchev–Trinajstić information content (AvgIpc) is 3.11. The molecule has 34 heavy (non-hydrogen) atoms. The summed E-state index contributed by atoms with van der Waals surface area (Å²) in [6, 6.07) is 28.1. The van der Waals surface area contributed by atoms with Gasteiger partial charge in [0, 0.05) is 24.2 Å². The summed E-state index contributed by atoms with van der Waals surface area (Å²) < 4.78 is 5.29. The molecule has 2 fully saturated rings. The summed E-state index contributed by atoms with van der Waals surface area (Å²) >= 11 is 0. The Balaban J connectivity index is 1.39. The lowest BCUT2D eigenvalue weighted by atomic mass is 9.85. The van der Waals surface area contributed by atoms with E-state index in [1.54, 1.807) is 7.11 Å².